The van der Waals surface area contributed by atoms with Crippen LogP contribution in [0.25, 0.3) is 0 Å². The van der Waals surface area contributed by atoms with E-state index in [0.717, 1.165) is 4.47 Å². The highest BCUT2D eigenvalue weighted by Gasteiger charge is 2.10. The lowest BCUT2D eigenvalue weighted by molar-refractivity contribution is -0.139. The van der Waals surface area contributed by atoms with Crippen LogP contribution in [0.15, 0.2) is 54.9 Å². The van der Waals surface area contributed by atoms with Crippen LogP contribution >= 0.6 is 47.8 Å². The fraction of sp³-hybridized carbons (Fsp3) is 0.118. The van der Waals surface area contributed by atoms with Crippen LogP contribution in [0.4, 0.5) is 0 Å². The lowest BCUT2D eigenvalue weighted by Crippen LogP contribution is -2.24. The number of para-hydroxylation sites is 1. The Morgan fingerprint density at radius 1 is 1.07 bits per heavy atom. The van der Waals surface area contributed by atoms with E-state index in [9.17, 15) is 9.59 Å². The maximum absolute atomic E-state index is 11.9. The van der Waals surface area contributed by atoms with Gasteiger partial charge in [-0.2, -0.15) is 5.10 Å². The van der Waals surface area contributed by atoms with Gasteiger partial charge < -0.3 is 14.6 Å². The van der Waals surface area contributed by atoms with Gasteiger partial charge in [0.05, 0.1) is 15.2 Å². The molecule has 0 fully saturated rings. The summed E-state index contributed by atoms with van der Waals surface area (Å²) in [6.07, 6.45) is 1.36. The number of carbonyl (C=O) groups is 2. The number of nitrogens with zero attached hydrogens (tertiary/aromatic N) is 1. The number of hydrogen-bond donors (Lipinski definition) is 2. The highest BCUT2D eigenvalue weighted by molar-refractivity contribution is 9.11. The Balaban J connectivity index is 1.92. The second-order valence-corrected chi connectivity index (χ2v) is 7.63. The van der Waals surface area contributed by atoms with Gasteiger partial charge in [-0.05, 0) is 56.1 Å². The lowest BCUT2D eigenvalue weighted by atomic mass is 10.2. The van der Waals surface area contributed by atoms with Crippen LogP contribution in [0.2, 0.25) is 0 Å². The van der Waals surface area contributed by atoms with Crippen molar-refractivity contribution in [1.29, 1.82) is 0 Å². The second-order valence-electron chi connectivity index (χ2n) is 5.00. The minimum atomic E-state index is -1.09. The van der Waals surface area contributed by atoms with Crippen molar-refractivity contribution in [3.05, 3.63) is 55.4 Å². The van der Waals surface area contributed by atoms with Crippen LogP contribution in [0.1, 0.15) is 5.56 Å². The van der Waals surface area contributed by atoms with Crippen molar-refractivity contribution in [2.45, 2.75) is 0 Å². The summed E-state index contributed by atoms with van der Waals surface area (Å²) in [6, 6.07) is 10.3. The summed E-state index contributed by atoms with van der Waals surface area (Å²) in [5.41, 5.74) is 2.86. The van der Waals surface area contributed by atoms with Gasteiger partial charge in [0.1, 0.15) is 11.5 Å². The van der Waals surface area contributed by atoms with Crippen LogP contribution in [0, 0.1) is 0 Å². The van der Waals surface area contributed by atoms with Crippen molar-refractivity contribution in [2.24, 2.45) is 5.10 Å². The van der Waals surface area contributed by atoms with Gasteiger partial charge in [-0.25, -0.2) is 10.2 Å². The molecule has 1 amide bonds. The minimum Gasteiger partial charge on any atom is -0.481 e. The maximum Gasteiger partial charge on any atom is 0.341 e. The first-order valence-electron chi connectivity index (χ1n) is 7.39. The monoisotopic (exact) mass is 562 g/mol. The van der Waals surface area contributed by atoms with Crippen LogP contribution in [-0.4, -0.2) is 36.4 Å². The first-order valence-corrected chi connectivity index (χ1v) is 9.77. The normalized spacial score (nSPS) is 10.6. The van der Waals surface area contributed by atoms with E-state index in [1.54, 1.807) is 36.4 Å². The van der Waals surface area contributed by atoms with Crippen molar-refractivity contribution in [3.8, 4) is 11.5 Å². The molecule has 0 aliphatic carbocycles. The first kappa shape index (κ1) is 21.4. The van der Waals surface area contributed by atoms with Crippen LogP contribution in [0.5, 0.6) is 11.5 Å². The summed E-state index contributed by atoms with van der Waals surface area (Å²) >= 11 is 10.1. The average molecular weight is 565 g/mol. The Hall–Kier alpha value is -1.91. The molecular weight excluding hydrogens is 552 g/mol. The lowest BCUT2D eigenvalue weighted by Gasteiger charge is -2.10. The van der Waals surface area contributed by atoms with Crippen molar-refractivity contribution < 1.29 is 24.2 Å². The first-order chi connectivity index (χ1) is 12.9. The van der Waals surface area contributed by atoms with Gasteiger partial charge in [0.25, 0.3) is 5.91 Å². The number of hydrogen-bond acceptors (Lipinski definition) is 5. The van der Waals surface area contributed by atoms with Crippen LogP contribution < -0.4 is 14.9 Å². The highest BCUT2D eigenvalue weighted by atomic mass is 79.9. The van der Waals surface area contributed by atoms with Gasteiger partial charge in [0.2, 0.25) is 0 Å². The molecule has 0 saturated heterocycles. The fourth-order valence-corrected chi connectivity index (χ4v) is 4.36. The summed E-state index contributed by atoms with van der Waals surface area (Å²) in [4.78, 5) is 22.5. The molecule has 2 aromatic carbocycles. The third kappa shape index (κ3) is 6.96. The number of carboxylic acids is 1. The zero-order valence-corrected chi connectivity index (χ0v) is 18.4. The van der Waals surface area contributed by atoms with E-state index in [1.807, 2.05) is 0 Å². The summed E-state index contributed by atoms with van der Waals surface area (Å²) in [5, 5.41) is 12.5. The smallest absolute Gasteiger partial charge is 0.341 e. The Labute approximate surface area is 180 Å². The van der Waals surface area contributed by atoms with Crippen molar-refractivity contribution >= 4 is 65.9 Å². The topological polar surface area (TPSA) is 97.2 Å². The van der Waals surface area contributed by atoms with Gasteiger partial charge >= 0.3 is 5.97 Å². The van der Waals surface area contributed by atoms with Gasteiger partial charge in [-0.15, -0.1) is 0 Å². The standard InChI is InChI=1S/C17H13Br3N2O5/c18-11-5-12(19)17(13(20)6-11)27-8-15(23)22-21-7-10-3-1-2-4-14(10)26-9-16(24)25/h1-7H,8-9H2,(H,22,23)(H,24,25)/b21-7+. The summed E-state index contributed by atoms with van der Waals surface area (Å²) in [6.45, 7) is -0.713. The van der Waals surface area contributed by atoms with E-state index in [0.29, 0.717) is 26.0 Å². The molecule has 2 aromatic rings. The fourth-order valence-electron chi connectivity index (χ4n) is 1.87. The predicted molar refractivity (Wildman–Crippen MR) is 110 cm³/mol. The van der Waals surface area contributed by atoms with Crippen LogP contribution in [-0.2, 0) is 9.59 Å². The predicted octanol–water partition coefficient (Wildman–Crippen LogP) is 3.97. The van der Waals surface area contributed by atoms with E-state index >= 15 is 0 Å². The Bertz CT molecular complexity index is 850. The molecule has 27 heavy (non-hydrogen) atoms. The molecule has 0 radical (unpaired) electrons. The molecule has 0 saturated carbocycles. The second kappa shape index (κ2) is 10.4. The maximum atomic E-state index is 11.9. The zero-order valence-electron chi connectivity index (χ0n) is 13.6. The number of hydrazone groups is 1. The molecule has 7 nitrogen and oxygen atoms in total. The number of halogens is 3. The molecule has 0 unspecified atom stereocenters. The van der Waals surface area contributed by atoms with Gasteiger partial charge in [0, 0.05) is 10.0 Å². The van der Waals surface area contributed by atoms with E-state index in [2.05, 4.69) is 58.3 Å². The van der Waals surface area contributed by atoms with Gasteiger partial charge in [-0.3, -0.25) is 4.79 Å². The number of aliphatic carboxylic acids is 1. The molecule has 0 spiro atoms. The summed E-state index contributed by atoms with van der Waals surface area (Å²) < 4.78 is 12.9. The largest absolute Gasteiger partial charge is 0.481 e. The summed E-state index contributed by atoms with van der Waals surface area (Å²) in [7, 11) is 0. The molecule has 0 atom stereocenters. The number of carbonyl (C=O) groups excluding carboxylic acids is 1. The number of carboxylic acid groups (broad SMARTS) is 1. The molecule has 2 N–H and O–H groups in total. The molecule has 0 aliphatic heterocycles. The molecule has 0 aliphatic rings. The van der Waals surface area contributed by atoms with E-state index < -0.39 is 18.5 Å². The Kier molecular flexibility index (Phi) is 8.26. The molecule has 0 aromatic heterocycles. The Morgan fingerprint density at radius 2 is 1.74 bits per heavy atom. The third-order valence-electron chi connectivity index (χ3n) is 2.97. The van der Waals surface area contributed by atoms with E-state index in [4.69, 9.17) is 14.6 Å². The number of rotatable bonds is 8. The SMILES string of the molecule is O=C(O)COc1ccccc1/C=N/NC(=O)COc1c(Br)cc(Br)cc1Br. The van der Waals surface area contributed by atoms with Gasteiger partial charge in [0.15, 0.2) is 13.2 Å². The third-order valence-corrected chi connectivity index (χ3v) is 4.61. The average Bonchev–Trinajstić information content (AvgIpc) is 2.60. The molecule has 10 heteroatoms. The molecule has 2 rings (SSSR count). The molecular formula is C17H13Br3N2O5. The van der Waals surface area contributed by atoms with E-state index in [1.165, 1.54) is 6.21 Å². The number of nitrogens with one attached hydrogen (secondary N) is 1. The number of ether oxygens (including phenoxy) is 2. The van der Waals surface area contributed by atoms with Crippen LogP contribution in [0.3, 0.4) is 0 Å². The van der Waals surface area contributed by atoms with E-state index in [-0.39, 0.29) is 6.61 Å². The molecule has 0 bridgehead atoms. The number of benzene rings is 2. The quantitative estimate of drug-likeness (QED) is 0.374. The molecule has 142 valence electrons. The van der Waals surface area contributed by atoms with Crippen molar-refractivity contribution in [1.82, 2.24) is 5.43 Å². The summed E-state index contributed by atoms with van der Waals surface area (Å²) in [5.74, 6) is -0.712. The molecule has 0 heterocycles. The van der Waals surface area contributed by atoms with Crippen molar-refractivity contribution in [3.63, 3.8) is 0 Å². The van der Waals surface area contributed by atoms with Gasteiger partial charge in [-0.1, -0.05) is 28.1 Å². The minimum absolute atomic E-state index is 0.243. The highest BCUT2D eigenvalue weighted by Crippen LogP contribution is 2.36. The Morgan fingerprint density at radius 3 is 2.41 bits per heavy atom. The number of amides is 1. The zero-order chi connectivity index (χ0) is 19.8. The van der Waals surface area contributed by atoms with Crippen molar-refractivity contribution in [2.75, 3.05) is 13.2 Å².